The first-order chi connectivity index (χ1) is 12.0. The molecule has 3 aromatic rings. The highest BCUT2D eigenvalue weighted by Crippen LogP contribution is 2.29. The number of amides is 1. The number of nitrogens with one attached hydrogen (secondary N) is 2. The van der Waals surface area contributed by atoms with Gasteiger partial charge < -0.3 is 19.8 Å². The topological polar surface area (TPSA) is 63.4 Å². The molecule has 0 saturated heterocycles. The predicted molar refractivity (Wildman–Crippen MR) is 94.9 cm³/mol. The minimum absolute atomic E-state index is 0.121. The highest BCUT2D eigenvalue weighted by Gasteiger charge is 2.15. The summed E-state index contributed by atoms with van der Waals surface area (Å²) < 4.78 is 24.0. The lowest BCUT2D eigenvalue weighted by molar-refractivity contribution is -0.115. The molecule has 0 atom stereocenters. The van der Waals surface area contributed by atoms with Gasteiger partial charge in [-0.2, -0.15) is 0 Å². The Morgan fingerprint density at radius 3 is 2.68 bits per heavy atom. The quantitative estimate of drug-likeness (QED) is 0.741. The van der Waals surface area contributed by atoms with Crippen molar-refractivity contribution in [2.24, 2.45) is 0 Å². The summed E-state index contributed by atoms with van der Waals surface area (Å²) in [5.41, 5.74) is 2.94. The number of aromatic amines is 1. The van der Waals surface area contributed by atoms with Crippen LogP contribution in [0.3, 0.4) is 0 Å². The van der Waals surface area contributed by atoms with E-state index in [4.69, 9.17) is 9.47 Å². The Morgan fingerprint density at radius 2 is 1.96 bits per heavy atom. The van der Waals surface area contributed by atoms with Gasteiger partial charge in [0.2, 0.25) is 5.91 Å². The van der Waals surface area contributed by atoms with E-state index in [9.17, 15) is 9.18 Å². The SMILES string of the molecule is COc1ccc(OC)c(NC(=O)Cc2c(C)[nH]c3ccc(F)cc23)c1. The van der Waals surface area contributed by atoms with E-state index in [1.54, 1.807) is 31.4 Å². The molecule has 130 valence electrons. The summed E-state index contributed by atoms with van der Waals surface area (Å²) in [7, 11) is 3.08. The third-order valence-electron chi connectivity index (χ3n) is 4.10. The summed E-state index contributed by atoms with van der Waals surface area (Å²) >= 11 is 0. The molecule has 0 bridgehead atoms. The zero-order valence-electron chi connectivity index (χ0n) is 14.3. The fourth-order valence-electron chi connectivity index (χ4n) is 2.85. The molecule has 0 aliphatic heterocycles. The number of methoxy groups -OCH3 is 2. The molecule has 1 aromatic heterocycles. The number of hydrogen-bond donors (Lipinski definition) is 2. The number of aryl methyl sites for hydroxylation is 1. The first-order valence-corrected chi connectivity index (χ1v) is 7.80. The molecule has 1 heterocycles. The molecule has 0 saturated carbocycles. The Balaban J connectivity index is 1.86. The van der Waals surface area contributed by atoms with Crippen molar-refractivity contribution in [2.75, 3.05) is 19.5 Å². The molecule has 0 unspecified atom stereocenters. The number of carbonyl (C=O) groups is 1. The highest BCUT2D eigenvalue weighted by atomic mass is 19.1. The molecule has 0 aliphatic carbocycles. The number of H-pyrrole nitrogens is 1. The van der Waals surface area contributed by atoms with Gasteiger partial charge in [0.1, 0.15) is 17.3 Å². The average Bonchev–Trinajstić information content (AvgIpc) is 2.90. The number of hydrogen-bond acceptors (Lipinski definition) is 3. The summed E-state index contributed by atoms with van der Waals surface area (Å²) in [4.78, 5) is 15.7. The summed E-state index contributed by atoms with van der Waals surface area (Å²) in [5, 5.41) is 3.54. The van der Waals surface area contributed by atoms with Crippen molar-refractivity contribution in [1.82, 2.24) is 4.98 Å². The van der Waals surface area contributed by atoms with E-state index in [1.807, 2.05) is 6.92 Å². The van der Waals surface area contributed by atoms with Crippen LogP contribution in [0.15, 0.2) is 36.4 Å². The molecule has 0 fully saturated rings. The van der Waals surface area contributed by atoms with E-state index in [0.29, 0.717) is 22.6 Å². The van der Waals surface area contributed by atoms with Crippen molar-refractivity contribution in [2.45, 2.75) is 13.3 Å². The molecular formula is C19H19FN2O3. The van der Waals surface area contributed by atoms with Crippen molar-refractivity contribution in [1.29, 1.82) is 0 Å². The fraction of sp³-hybridized carbons (Fsp3) is 0.211. The lowest BCUT2D eigenvalue weighted by Crippen LogP contribution is -2.15. The molecule has 2 N–H and O–H groups in total. The smallest absolute Gasteiger partial charge is 0.228 e. The Labute approximate surface area is 144 Å². The van der Waals surface area contributed by atoms with Crippen molar-refractivity contribution in [3.05, 3.63) is 53.5 Å². The number of benzene rings is 2. The second-order valence-corrected chi connectivity index (χ2v) is 5.71. The molecule has 0 spiro atoms. The Morgan fingerprint density at radius 1 is 1.16 bits per heavy atom. The molecule has 25 heavy (non-hydrogen) atoms. The minimum atomic E-state index is -0.331. The zero-order valence-corrected chi connectivity index (χ0v) is 14.3. The van der Waals surface area contributed by atoms with Gasteiger partial charge in [0, 0.05) is 22.7 Å². The summed E-state index contributed by atoms with van der Waals surface area (Å²) in [6.07, 6.45) is 0.121. The van der Waals surface area contributed by atoms with Crippen LogP contribution >= 0.6 is 0 Å². The van der Waals surface area contributed by atoms with Gasteiger partial charge in [0.25, 0.3) is 0 Å². The van der Waals surface area contributed by atoms with Crippen LogP contribution in [-0.4, -0.2) is 25.1 Å². The number of aromatic nitrogens is 1. The molecule has 3 rings (SSSR count). The first kappa shape index (κ1) is 16.8. The summed E-state index contributed by atoms with van der Waals surface area (Å²) in [5.74, 6) is 0.597. The number of anilines is 1. The van der Waals surface area contributed by atoms with Crippen molar-refractivity contribution in [3.8, 4) is 11.5 Å². The lowest BCUT2D eigenvalue weighted by atomic mass is 10.1. The normalized spacial score (nSPS) is 10.7. The van der Waals surface area contributed by atoms with Gasteiger partial charge in [-0.05, 0) is 42.8 Å². The van der Waals surface area contributed by atoms with Crippen LogP contribution in [0, 0.1) is 12.7 Å². The zero-order chi connectivity index (χ0) is 18.0. The van der Waals surface area contributed by atoms with E-state index in [-0.39, 0.29) is 18.1 Å². The van der Waals surface area contributed by atoms with Crippen LogP contribution in [0.25, 0.3) is 10.9 Å². The van der Waals surface area contributed by atoms with Crippen LogP contribution < -0.4 is 14.8 Å². The van der Waals surface area contributed by atoms with Gasteiger partial charge in [0.15, 0.2) is 0 Å². The predicted octanol–water partition coefficient (Wildman–Crippen LogP) is 3.81. The standard InChI is InChI=1S/C19H19FN2O3/c1-11-14(15-8-12(20)4-6-16(15)21-11)10-19(23)22-17-9-13(24-2)5-7-18(17)25-3/h4-9,21H,10H2,1-3H3,(H,22,23). The second kappa shape index (κ2) is 6.84. The average molecular weight is 342 g/mol. The van der Waals surface area contributed by atoms with Gasteiger partial charge in [-0.1, -0.05) is 0 Å². The van der Waals surface area contributed by atoms with Crippen molar-refractivity contribution < 1.29 is 18.7 Å². The van der Waals surface area contributed by atoms with Crippen LogP contribution in [0.1, 0.15) is 11.3 Å². The summed E-state index contributed by atoms with van der Waals surface area (Å²) in [6.45, 7) is 1.87. The van der Waals surface area contributed by atoms with Crippen LogP contribution in [0.2, 0.25) is 0 Å². The highest BCUT2D eigenvalue weighted by molar-refractivity contribution is 5.97. The Bertz CT molecular complexity index is 934. The number of fused-ring (bicyclic) bond motifs is 1. The largest absolute Gasteiger partial charge is 0.497 e. The maximum atomic E-state index is 13.5. The van der Waals surface area contributed by atoms with Crippen molar-refractivity contribution in [3.63, 3.8) is 0 Å². The molecule has 0 aliphatic rings. The number of ether oxygens (including phenoxy) is 2. The van der Waals surface area contributed by atoms with Gasteiger partial charge in [0.05, 0.1) is 26.3 Å². The molecule has 5 nitrogen and oxygen atoms in total. The molecule has 6 heteroatoms. The van der Waals surface area contributed by atoms with Gasteiger partial charge in [-0.15, -0.1) is 0 Å². The maximum absolute atomic E-state index is 13.5. The molecular weight excluding hydrogens is 323 g/mol. The van der Waals surface area contributed by atoms with E-state index in [2.05, 4.69) is 10.3 Å². The number of halogens is 1. The maximum Gasteiger partial charge on any atom is 0.228 e. The number of rotatable bonds is 5. The molecule has 0 radical (unpaired) electrons. The van der Waals surface area contributed by atoms with E-state index < -0.39 is 0 Å². The second-order valence-electron chi connectivity index (χ2n) is 5.71. The van der Waals surface area contributed by atoms with Crippen LogP contribution in [0.4, 0.5) is 10.1 Å². The van der Waals surface area contributed by atoms with Gasteiger partial charge >= 0.3 is 0 Å². The van der Waals surface area contributed by atoms with Crippen LogP contribution in [0.5, 0.6) is 11.5 Å². The monoisotopic (exact) mass is 342 g/mol. The third-order valence-corrected chi connectivity index (χ3v) is 4.10. The third kappa shape index (κ3) is 3.42. The first-order valence-electron chi connectivity index (χ1n) is 7.80. The minimum Gasteiger partial charge on any atom is -0.497 e. The van der Waals surface area contributed by atoms with Crippen molar-refractivity contribution >= 4 is 22.5 Å². The van der Waals surface area contributed by atoms with E-state index >= 15 is 0 Å². The lowest BCUT2D eigenvalue weighted by Gasteiger charge is -2.12. The Kier molecular flexibility index (Phi) is 4.61. The van der Waals surface area contributed by atoms with E-state index in [1.165, 1.54) is 19.2 Å². The number of carbonyl (C=O) groups excluding carboxylic acids is 1. The van der Waals surface area contributed by atoms with Crippen LogP contribution in [-0.2, 0) is 11.2 Å². The van der Waals surface area contributed by atoms with Gasteiger partial charge in [-0.25, -0.2) is 4.39 Å². The van der Waals surface area contributed by atoms with E-state index in [0.717, 1.165) is 16.8 Å². The summed E-state index contributed by atoms with van der Waals surface area (Å²) in [6, 6.07) is 9.67. The van der Waals surface area contributed by atoms with Gasteiger partial charge in [-0.3, -0.25) is 4.79 Å². The molecule has 1 amide bonds. The Hall–Kier alpha value is -3.02. The molecule has 2 aromatic carbocycles. The fourth-order valence-corrected chi connectivity index (χ4v) is 2.85.